The third-order valence-corrected chi connectivity index (χ3v) is 5.38. The largest absolute Gasteiger partial charge is 0.271 e. The van der Waals surface area contributed by atoms with Crippen molar-refractivity contribution in [2.75, 3.05) is 11.5 Å². The fourth-order valence-electron chi connectivity index (χ4n) is 3.14. The molecule has 1 saturated heterocycles. The Balaban J connectivity index is 1.66. The first-order valence-corrected chi connectivity index (χ1v) is 7.64. The number of rotatable bonds is 4. The Morgan fingerprint density at radius 1 is 1.29 bits per heavy atom. The summed E-state index contributed by atoms with van der Waals surface area (Å²) in [7, 11) is 0. The average molecular weight is 248 g/mol. The van der Waals surface area contributed by atoms with E-state index in [0.717, 1.165) is 17.8 Å². The first-order chi connectivity index (χ1) is 8.40. The molecule has 3 rings (SSSR count). The van der Waals surface area contributed by atoms with Crippen LogP contribution in [-0.2, 0) is 0 Å². The number of hydrogen-bond donors (Lipinski definition) is 2. The van der Waals surface area contributed by atoms with E-state index < -0.39 is 0 Å². The maximum absolute atomic E-state index is 5.77. The SMILES string of the molecule is NNC(C1CCSC1)C1CC1c1ccccc1. The first kappa shape index (κ1) is 11.6. The Morgan fingerprint density at radius 2 is 2.12 bits per heavy atom. The van der Waals surface area contributed by atoms with Crippen molar-refractivity contribution >= 4 is 11.8 Å². The van der Waals surface area contributed by atoms with Crippen LogP contribution in [0, 0.1) is 11.8 Å². The summed E-state index contributed by atoms with van der Waals surface area (Å²) in [5.41, 5.74) is 4.58. The number of nitrogens with one attached hydrogen (secondary N) is 1. The molecule has 1 aromatic carbocycles. The lowest BCUT2D eigenvalue weighted by Crippen LogP contribution is -2.43. The van der Waals surface area contributed by atoms with Crippen molar-refractivity contribution in [1.82, 2.24) is 5.43 Å². The summed E-state index contributed by atoms with van der Waals surface area (Å²) in [6.07, 6.45) is 2.64. The van der Waals surface area contributed by atoms with Crippen molar-refractivity contribution in [1.29, 1.82) is 0 Å². The molecule has 3 heteroatoms. The lowest BCUT2D eigenvalue weighted by atomic mass is 9.93. The molecule has 0 spiro atoms. The Morgan fingerprint density at radius 3 is 2.76 bits per heavy atom. The van der Waals surface area contributed by atoms with Crippen LogP contribution in [0.5, 0.6) is 0 Å². The zero-order valence-electron chi connectivity index (χ0n) is 10.0. The second-order valence-electron chi connectivity index (χ2n) is 5.23. The molecule has 3 N–H and O–H groups in total. The molecule has 17 heavy (non-hydrogen) atoms. The summed E-state index contributed by atoms with van der Waals surface area (Å²) in [5, 5.41) is 0. The van der Waals surface area contributed by atoms with E-state index in [2.05, 4.69) is 47.5 Å². The molecule has 4 unspecified atom stereocenters. The van der Waals surface area contributed by atoms with Gasteiger partial charge in [0.1, 0.15) is 0 Å². The van der Waals surface area contributed by atoms with Crippen molar-refractivity contribution in [2.24, 2.45) is 17.7 Å². The minimum atomic E-state index is 0.523. The molecule has 1 aliphatic carbocycles. The quantitative estimate of drug-likeness (QED) is 0.634. The van der Waals surface area contributed by atoms with Gasteiger partial charge >= 0.3 is 0 Å². The lowest BCUT2D eigenvalue weighted by molar-refractivity contribution is 0.347. The van der Waals surface area contributed by atoms with Crippen molar-refractivity contribution in [3.63, 3.8) is 0 Å². The zero-order chi connectivity index (χ0) is 11.7. The summed E-state index contributed by atoms with van der Waals surface area (Å²) in [5.74, 6) is 10.6. The summed E-state index contributed by atoms with van der Waals surface area (Å²) < 4.78 is 0. The number of benzene rings is 1. The van der Waals surface area contributed by atoms with E-state index in [0.29, 0.717) is 6.04 Å². The van der Waals surface area contributed by atoms with Crippen molar-refractivity contribution < 1.29 is 0 Å². The fraction of sp³-hybridized carbons (Fsp3) is 0.571. The first-order valence-electron chi connectivity index (χ1n) is 6.49. The highest BCUT2D eigenvalue weighted by molar-refractivity contribution is 7.99. The van der Waals surface area contributed by atoms with Crippen LogP contribution in [0.2, 0.25) is 0 Å². The third-order valence-electron chi connectivity index (χ3n) is 4.19. The van der Waals surface area contributed by atoms with Crippen molar-refractivity contribution in [2.45, 2.75) is 24.8 Å². The van der Waals surface area contributed by atoms with Gasteiger partial charge in [-0.1, -0.05) is 30.3 Å². The predicted octanol–water partition coefficient (Wildman–Crippen LogP) is 2.38. The van der Waals surface area contributed by atoms with E-state index >= 15 is 0 Å². The number of hydrogen-bond acceptors (Lipinski definition) is 3. The molecule has 1 aliphatic heterocycles. The normalized spacial score (nSPS) is 33.6. The van der Waals surface area contributed by atoms with Crippen LogP contribution < -0.4 is 11.3 Å². The van der Waals surface area contributed by atoms with Crippen LogP contribution in [0.1, 0.15) is 24.3 Å². The smallest absolute Gasteiger partial charge is 0.0281 e. The van der Waals surface area contributed by atoms with E-state index in [9.17, 15) is 0 Å². The zero-order valence-corrected chi connectivity index (χ0v) is 10.8. The molecule has 2 aliphatic rings. The van der Waals surface area contributed by atoms with E-state index in [-0.39, 0.29) is 0 Å². The van der Waals surface area contributed by atoms with Gasteiger partial charge in [-0.2, -0.15) is 11.8 Å². The Hall–Kier alpha value is -0.510. The van der Waals surface area contributed by atoms with Crippen LogP contribution in [-0.4, -0.2) is 17.5 Å². The summed E-state index contributed by atoms with van der Waals surface area (Å²) >= 11 is 2.07. The van der Waals surface area contributed by atoms with Crippen LogP contribution >= 0.6 is 11.8 Å². The lowest BCUT2D eigenvalue weighted by Gasteiger charge is -2.22. The van der Waals surface area contributed by atoms with Crippen LogP contribution in [0.3, 0.4) is 0 Å². The number of hydrazine groups is 1. The Bertz CT molecular complexity index is 362. The highest BCUT2D eigenvalue weighted by Crippen LogP contribution is 2.51. The van der Waals surface area contributed by atoms with Gasteiger partial charge in [-0.3, -0.25) is 11.3 Å². The second kappa shape index (κ2) is 5.01. The van der Waals surface area contributed by atoms with Crippen LogP contribution in [0.25, 0.3) is 0 Å². The monoisotopic (exact) mass is 248 g/mol. The van der Waals surface area contributed by atoms with Gasteiger partial charge in [-0.15, -0.1) is 0 Å². The molecule has 2 nitrogen and oxygen atoms in total. The maximum atomic E-state index is 5.77. The summed E-state index contributed by atoms with van der Waals surface area (Å²) in [6, 6.07) is 11.4. The molecule has 4 atom stereocenters. The molecule has 92 valence electrons. The van der Waals surface area contributed by atoms with Gasteiger partial charge in [0.2, 0.25) is 0 Å². The predicted molar refractivity (Wildman–Crippen MR) is 73.8 cm³/mol. The summed E-state index contributed by atoms with van der Waals surface area (Å²) in [4.78, 5) is 0. The van der Waals surface area contributed by atoms with Gasteiger partial charge in [0.25, 0.3) is 0 Å². The molecule has 0 bridgehead atoms. The van der Waals surface area contributed by atoms with Gasteiger partial charge in [-0.05, 0) is 47.7 Å². The molecule has 1 aromatic rings. The maximum Gasteiger partial charge on any atom is 0.0281 e. The molecule has 1 saturated carbocycles. The molecule has 0 amide bonds. The van der Waals surface area contributed by atoms with E-state index in [1.165, 1.54) is 29.9 Å². The highest BCUT2D eigenvalue weighted by Gasteiger charge is 2.46. The standard InChI is InChI=1S/C14H20N2S/c15-16-14(11-6-7-17-9-11)13-8-12(13)10-4-2-1-3-5-10/h1-5,11-14,16H,6-9,15H2. The van der Waals surface area contributed by atoms with Crippen molar-refractivity contribution in [3.05, 3.63) is 35.9 Å². The van der Waals surface area contributed by atoms with E-state index in [4.69, 9.17) is 5.84 Å². The van der Waals surface area contributed by atoms with Gasteiger partial charge < -0.3 is 0 Å². The fourth-order valence-corrected chi connectivity index (χ4v) is 4.45. The molecular formula is C14H20N2S. The van der Waals surface area contributed by atoms with Gasteiger partial charge in [0.15, 0.2) is 0 Å². The van der Waals surface area contributed by atoms with Gasteiger partial charge in [0, 0.05) is 6.04 Å². The Labute approximate surface area is 107 Å². The van der Waals surface area contributed by atoms with E-state index in [1.54, 1.807) is 0 Å². The topological polar surface area (TPSA) is 38.0 Å². The number of nitrogens with two attached hydrogens (primary N) is 1. The molecule has 0 aromatic heterocycles. The molecule has 1 heterocycles. The van der Waals surface area contributed by atoms with Gasteiger partial charge in [0.05, 0.1) is 0 Å². The minimum absolute atomic E-state index is 0.523. The molecular weight excluding hydrogens is 228 g/mol. The van der Waals surface area contributed by atoms with Crippen LogP contribution in [0.15, 0.2) is 30.3 Å². The minimum Gasteiger partial charge on any atom is -0.271 e. The van der Waals surface area contributed by atoms with Crippen molar-refractivity contribution in [3.8, 4) is 0 Å². The third kappa shape index (κ3) is 2.37. The summed E-state index contributed by atoms with van der Waals surface area (Å²) in [6.45, 7) is 0. The Kier molecular flexibility index (Phi) is 3.41. The van der Waals surface area contributed by atoms with Crippen LogP contribution in [0.4, 0.5) is 0 Å². The average Bonchev–Trinajstić information content (AvgIpc) is 2.97. The highest BCUT2D eigenvalue weighted by atomic mass is 32.2. The van der Waals surface area contributed by atoms with E-state index in [1.807, 2.05) is 0 Å². The van der Waals surface area contributed by atoms with Gasteiger partial charge in [-0.25, -0.2) is 0 Å². The molecule has 0 radical (unpaired) electrons. The number of thioether (sulfide) groups is 1. The molecule has 2 fully saturated rings. The second-order valence-corrected chi connectivity index (χ2v) is 6.38.